The normalized spacial score (nSPS) is 26.6. The van der Waals surface area contributed by atoms with E-state index in [1.54, 1.807) is 0 Å². The first kappa shape index (κ1) is 18.2. The molecule has 1 N–H and O–H groups in total. The zero-order valence-corrected chi connectivity index (χ0v) is 15.2. The minimum atomic E-state index is 0.414. The van der Waals surface area contributed by atoms with Gasteiger partial charge in [-0.15, -0.1) is 0 Å². The second kappa shape index (κ2) is 9.73. The molecule has 3 fully saturated rings. The summed E-state index contributed by atoms with van der Waals surface area (Å²) < 4.78 is 5.42. The van der Waals surface area contributed by atoms with Crippen molar-refractivity contribution in [1.82, 2.24) is 15.1 Å². The van der Waals surface area contributed by atoms with Crippen LogP contribution in [0.2, 0.25) is 0 Å². The lowest BCUT2D eigenvalue weighted by molar-refractivity contribution is -0.135. The number of piperidine rings is 1. The topological polar surface area (TPSA) is 44.8 Å². The van der Waals surface area contributed by atoms with Crippen molar-refractivity contribution in [2.45, 2.75) is 57.4 Å². The number of morpholine rings is 1. The first-order valence-corrected chi connectivity index (χ1v) is 10.1. The number of ether oxygens (including phenoxy) is 1. The highest BCUT2D eigenvalue weighted by atomic mass is 16.5. The zero-order valence-electron chi connectivity index (χ0n) is 15.2. The third-order valence-corrected chi connectivity index (χ3v) is 5.95. The average molecular weight is 338 g/mol. The molecule has 0 spiro atoms. The fourth-order valence-corrected chi connectivity index (χ4v) is 4.48. The molecule has 0 aromatic rings. The minimum absolute atomic E-state index is 0.414. The SMILES string of the molecule is O=C(CC1CCCC1)N(CCCN1CCOCC1)C1CCCNC1. The quantitative estimate of drug-likeness (QED) is 0.770. The second-order valence-corrected chi connectivity index (χ2v) is 7.75. The predicted octanol–water partition coefficient (Wildman–Crippen LogP) is 1.87. The van der Waals surface area contributed by atoms with Gasteiger partial charge in [0.25, 0.3) is 0 Å². The summed E-state index contributed by atoms with van der Waals surface area (Å²) in [6.07, 6.45) is 9.40. The summed E-state index contributed by atoms with van der Waals surface area (Å²) >= 11 is 0. The maximum atomic E-state index is 12.9. The number of hydrogen-bond acceptors (Lipinski definition) is 4. The molecule has 1 saturated carbocycles. The Bertz CT molecular complexity index is 373. The Morgan fingerprint density at radius 1 is 1.12 bits per heavy atom. The van der Waals surface area contributed by atoms with Crippen molar-refractivity contribution in [3.63, 3.8) is 0 Å². The molecule has 2 heterocycles. The lowest BCUT2D eigenvalue weighted by Crippen LogP contribution is -2.50. The third kappa shape index (κ3) is 5.43. The molecule has 0 aromatic carbocycles. The average Bonchev–Trinajstić information content (AvgIpc) is 3.13. The smallest absolute Gasteiger partial charge is 0.223 e. The molecule has 2 aliphatic heterocycles. The molecule has 0 radical (unpaired) electrons. The Hall–Kier alpha value is -0.650. The van der Waals surface area contributed by atoms with Gasteiger partial charge in [0.15, 0.2) is 0 Å². The Balaban J connectivity index is 1.49. The molecule has 2 saturated heterocycles. The van der Waals surface area contributed by atoms with Crippen molar-refractivity contribution in [2.75, 3.05) is 52.5 Å². The Kier molecular flexibility index (Phi) is 7.36. The van der Waals surface area contributed by atoms with Crippen molar-refractivity contribution >= 4 is 5.91 Å². The van der Waals surface area contributed by atoms with Crippen LogP contribution in [0.5, 0.6) is 0 Å². The number of rotatable bonds is 7. The monoisotopic (exact) mass is 337 g/mol. The van der Waals surface area contributed by atoms with Gasteiger partial charge in [0.05, 0.1) is 13.2 Å². The fraction of sp³-hybridized carbons (Fsp3) is 0.947. The molecule has 1 unspecified atom stereocenters. The maximum absolute atomic E-state index is 12.9. The van der Waals surface area contributed by atoms with Crippen LogP contribution in [0.4, 0.5) is 0 Å². The van der Waals surface area contributed by atoms with Crippen LogP contribution in [0.1, 0.15) is 51.4 Å². The maximum Gasteiger partial charge on any atom is 0.223 e. The summed E-state index contributed by atoms with van der Waals surface area (Å²) in [5.41, 5.74) is 0. The molecular weight excluding hydrogens is 302 g/mol. The molecule has 0 bridgehead atoms. The lowest BCUT2D eigenvalue weighted by Gasteiger charge is -2.36. The van der Waals surface area contributed by atoms with Crippen LogP contribution < -0.4 is 5.32 Å². The number of nitrogens with one attached hydrogen (secondary N) is 1. The highest BCUT2D eigenvalue weighted by Gasteiger charge is 2.28. The Morgan fingerprint density at radius 3 is 2.62 bits per heavy atom. The van der Waals surface area contributed by atoms with Crippen LogP contribution in [0, 0.1) is 5.92 Å². The van der Waals surface area contributed by atoms with Gasteiger partial charge in [-0.2, -0.15) is 0 Å². The van der Waals surface area contributed by atoms with E-state index in [1.165, 1.54) is 38.5 Å². The van der Waals surface area contributed by atoms with Crippen LogP contribution in [-0.2, 0) is 9.53 Å². The Morgan fingerprint density at radius 2 is 1.92 bits per heavy atom. The third-order valence-electron chi connectivity index (χ3n) is 5.95. The van der Waals surface area contributed by atoms with E-state index in [-0.39, 0.29) is 0 Å². The number of nitrogens with zero attached hydrogens (tertiary/aromatic N) is 2. The van der Waals surface area contributed by atoms with E-state index in [9.17, 15) is 4.79 Å². The van der Waals surface area contributed by atoms with Crippen LogP contribution in [0.3, 0.4) is 0 Å². The van der Waals surface area contributed by atoms with Gasteiger partial charge in [0.2, 0.25) is 5.91 Å². The van der Waals surface area contributed by atoms with Gasteiger partial charge in [-0.05, 0) is 44.6 Å². The van der Waals surface area contributed by atoms with E-state index in [0.717, 1.165) is 65.3 Å². The molecule has 3 aliphatic rings. The summed E-state index contributed by atoms with van der Waals surface area (Å²) in [5.74, 6) is 1.06. The lowest BCUT2D eigenvalue weighted by atomic mass is 10.0. The zero-order chi connectivity index (χ0) is 16.6. The van der Waals surface area contributed by atoms with Crippen molar-refractivity contribution in [1.29, 1.82) is 0 Å². The van der Waals surface area contributed by atoms with E-state index in [4.69, 9.17) is 4.74 Å². The number of carbonyl (C=O) groups is 1. The van der Waals surface area contributed by atoms with E-state index in [2.05, 4.69) is 15.1 Å². The van der Waals surface area contributed by atoms with Crippen LogP contribution in [0.25, 0.3) is 0 Å². The van der Waals surface area contributed by atoms with E-state index in [1.807, 2.05) is 0 Å². The first-order valence-electron chi connectivity index (χ1n) is 10.1. The molecule has 5 heteroatoms. The fourth-order valence-electron chi connectivity index (χ4n) is 4.48. The molecule has 1 atom stereocenters. The summed E-state index contributed by atoms with van der Waals surface area (Å²) in [6.45, 7) is 7.91. The summed E-state index contributed by atoms with van der Waals surface area (Å²) in [7, 11) is 0. The largest absolute Gasteiger partial charge is 0.379 e. The molecule has 1 aliphatic carbocycles. The molecule has 24 heavy (non-hydrogen) atoms. The second-order valence-electron chi connectivity index (χ2n) is 7.75. The molecule has 3 rings (SSSR count). The van der Waals surface area contributed by atoms with Crippen molar-refractivity contribution in [3.8, 4) is 0 Å². The highest BCUT2D eigenvalue weighted by molar-refractivity contribution is 5.76. The van der Waals surface area contributed by atoms with Gasteiger partial charge in [-0.1, -0.05) is 12.8 Å². The molecule has 5 nitrogen and oxygen atoms in total. The summed E-state index contributed by atoms with van der Waals surface area (Å²) in [6, 6.07) is 0.414. The molecule has 138 valence electrons. The highest BCUT2D eigenvalue weighted by Crippen LogP contribution is 2.28. The predicted molar refractivity (Wildman–Crippen MR) is 96.1 cm³/mol. The molecular formula is C19H35N3O2. The van der Waals surface area contributed by atoms with Gasteiger partial charge in [-0.25, -0.2) is 0 Å². The van der Waals surface area contributed by atoms with E-state index < -0.39 is 0 Å². The van der Waals surface area contributed by atoms with Crippen molar-refractivity contribution in [3.05, 3.63) is 0 Å². The van der Waals surface area contributed by atoms with Crippen molar-refractivity contribution in [2.24, 2.45) is 5.92 Å². The molecule has 0 aromatic heterocycles. The van der Waals surface area contributed by atoms with Gasteiger partial charge in [-0.3, -0.25) is 9.69 Å². The summed E-state index contributed by atoms with van der Waals surface area (Å²) in [4.78, 5) is 17.6. The minimum Gasteiger partial charge on any atom is -0.379 e. The number of carbonyl (C=O) groups excluding carboxylic acids is 1. The first-order chi connectivity index (χ1) is 11.8. The van der Waals surface area contributed by atoms with Gasteiger partial charge >= 0.3 is 0 Å². The van der Waals surface area contributed by atoms with Gasteiger partial charge < -0.3 is 15.0 Å². The Labute approximate surface area is 147 Å². The number of hydrogen-bond donors (Lipinski definition) is 1. The van der Waals surface area contributed by atoms with E-state index >= 15 is 0 Å². The van der Waals surface area contributed by atoms with Gasteiger partial charge in [0.1, 0.15) is 0 Å². The van der Waals surface area contributed by atoms with Crippen molar-refractivity contribution < 1.29 is 9.53 Å². The standard InChI is InChI=1S/C19H35N3O2/c23-19(15-17-5-1-2-6-17)22(18-7-3-8-20-16-18)10-4-9-21-11-13-24-14-12-21/h17-18,20H,1-16H2. The van der Waals surface area contributed by atoms with E-state index in [0.29, 0.717) is 17.9 Å². The summed E-state index contributed by atoms with van der Waals surface area (Å²) in [5, 5.41) is 3.48. The number of amides is 1. The van der Waals surface area contributed by atoms with Crippen LogP contribution >= 0.6 is 0 Å². The van der Waals surface area contributed by atoms with Crippen LogP contribution in [0.15, 0.2) is 0 Å². The van der Waals surface area contributed by atoms with Gasteiger partial charge in [0, 0.05) is 45.2 Å². The van der Waals surface area contributed by atoms with Crippen LogP contribution in [-0.4, -0.2) is 74.2 Å². The molecule has 1 amide bonds.